The van der Waals surface area contributed by atoms with E-state index in [4.69, 9.17) is 4.74 Å². The van der Waals surface area contributed by atoms with Gasteiger partial charge < -0.3 is 9.84 Å². The van der Waals surface area contributed by atoms with Crippen LogP contribution in [0.1, 0.15) is 25.0 Å². The van der Waals surface area contributed by atoms with E-state index in [2.05, 4.69) is 0 Å². The standard InChI is InChI=1S/C20H21NO5S/c1-20(2)17(13-22)12-16-10-6-7-11-18(16)21(20)27(24,25)19(23)26-14-15-8-4-3-5-9-15/h3-12,22H,13-14H2,1-2H3. The lowest BCUT2D eigenvalue weighted by molar-refractivity contribution is 0.165. The average Bonchev–Trinajstić information content (AvgIpc) is 2.65. The molecule has 0 aromatic heterocycles. The van der Waals surface area contributed by atoms with E-state index in [0.717, 1.165) is 4.31 Å². The molecule has 0 saturated carbocycles. The van der Waals surface area contributed by atoms with Crippen molar-refractivity contribution in [2.24, 2.45) is 0 Å². The van der Waals surface area contributed by atoms with Crippen LogP contribution in [-0.2, 0) is 21.4 Å². The summed E-state index contributed by atoms with van der Waals surface area (Å²) in [5.74, 6) is 0. The Morgan fingerprint density at radius 3 is 2.37 bits per heavy atom. The van der Waals surface area contributed by atoms with Crippen molar-refractivity contribution in [3.63, 3.8) is 0 Å². The number of aliphatic hydroxyl groups excluding tert-OH is 1. The summed E-state index contributed by atoms with van der Waals surface area (Å²) >= 11 is 0. The van der Waals surface area contributed by atoms with Crippen molar-refractivity contribution >= 4 is 27.1 Å². The lowest BCUT2D eigenvalue weighted by Crippen LogP contribution is -2.53. The number of carbonyl (C=O) groups is 1. The summed E-state index contributed by atoms with van der Waals surface area (Å²) in [6, 6.07) is 15.7. The number of hydrogen-bond donors (Lipinski definition) is 1. The van der Waals surface area contributed by atoms with E-state index >= 15 is 0 Å². The van der Waals surface area contributed by atoms with Crippen LogP contribution in [0.3, 0.4) is 0 Å². The topological polar surface area (TPSA) is 83.9 Å². The van der Waals surface area contributed by atoms with E-state index in [-0.39, 0.29) is 13.2 Å². The fourth-order valence-corrected chi connectivity index (χ4v) is 4.63. The Morgan fingerprint density at radius 1 is 1.07 bits per heavy atom. The van der Waals surface area contributed by atoms with Gasteiger partial charge in [0.15, 0.2) is 0 Å². The van der Waals surface area contributed by atoms with Gasteiger partial charge in [-0.15, -0.1) is 0 Å². The summed E-state index contributed by atoms with van der Waals surface area (Å²) in [4.78, 5) is 12.5. The third kappa shape index (κ3) is 3.48. The second-order valence-electron chi connectivity index (χ2n) is 6.74. The van der Waals surface area contributed by atoms with Crippen LogP contribution < -0.4 is 4.31 Å². The van der Waals surface area contributed by atoms with E-state index in [1.165, 1.54) is 0 Å². The highest BCUT2D eigenvalue weighted by atomic mass is 32.2. The van der Waals surface area contributed by atoms with Gasteiger partial charge in [-0.2, -0.15) is 8.42 Å². The van der Waals surface area contributed by atoms with Crippen molar-refractivity contribution in [2.45, 2.75) is 26.0 Å². The van der Waals surface area contributed by atoms with Crippen LogP contribution in [0.5, 0.6) is 0 Å². The number of ether oxygens (including phenoxy) is 1. The number of para-hydroxylation sites is 1. The first-order valence-electron chi connectivity index (χ1n) is 8.45. The monoisotopic (exact) mass is 387 g/mol. The zero-order valence-electron chi connectivity index (χ0n) is 15.1. The van der Waals surface area contributed by atoms with Crippen molar-refractivity contribution in [1.29, 1.82) is 0 Å². The molecule has 0 fully saturated rings. The Kier molecular flexibility index (Phi) is 5.08. The summed E-state index contributed by atoms with van der Waals surface area (Å²) in [7, 11) is -4.48. The minimum Gasteiger partial charge on any atom is -0.448 e. The van der Waals surface area contributed by atoms with Gasteiger partial charge in [0, 0.05) is 0 Å². The van der Waals surface area contributed by atoms with E-state index < -0.39 is 20.9 Å². The van der Waals surface area contributed by atoms with Gasteiger partial charge in [0.1, 0.15) is 6.61 Å². The first-order valence-corrected chi connectivity index (χ1v) is 9.89. The number of nitrogens with zero attached hydrogens (tertiary/aromatic N) is 1. The minimum atomic E-state index is -4.48. The van der Waals surface area contributed by atoms with Gasteiger partial charge in [-0.05, 0) is 42.7 Å². The molecule has 2 aromatic carbocycles. The summed E-state index contributed by atoms with van der Waals surface area (Å²) in [5, 5.41) is 8.39. The van der Waals surface area contributed by atoms with Crippen molar-refractivity contribution in [1.82, 2.24) is 0 Å². The molecule has 0 aliphatic carbocycles. The molecule has 0 amide bonds. The van der Waals surface area contributed by atoms with Crippen LogP contribution in [0, 0.1) is 0 Å². The fraction of sp³-hybridized carbons (Fsp3) is 0.250. The van der Waals surface area contributed by atoms with Gasteiger partial charge in [-0.1, -0.05) is 48.5 Å². The third-order valence-corrected chi connectivity index (χ3v) is 6.27. The number of aliphatic hydroxyl groups is 1. The minimum absolute atomic E-state index is 0.141. The number of hydrogen-bond acceptors (Lipinski definition) is 5. The van der Waals surface area contributed by atoms with Crippen molar-refractivity contribution < 1.29 is 23.1 Å². The van der Waals surface area contributed by atoms with Crippen molar-refractivity contribution in [2.75, 3.05) is 10.9 Å². The smallest absolute Gasteiger partial charge is 0.445 e. The van der Waals surface area contributed by atoms with Gasteiger partial charge in [0.25, 0.3) is 0 Å². The SMILES string of the molecule is CC1(C)C(CO)=Cc2ccccc2N1S(=O)(=O)C(=O)OCc1ccccc1. The maximum Gasteiger partial charge on any atom is 0.445 e. The van der Waals surface area contributed by atoms with Crippen LogP contribution in [0.4, 0.5) is 10.5 Å². The number of anilines is 1. The summed E-state index contributed by atoms with van der Waals surface area (Å²) < 4.78 is 32.3. The van der Waals surface area contributed by atoms with Crippen LogP contribution in [0.15, 0.2) is 60.2 Å². The van der Waals surface area contributed by atoms with E-state index in [1.54, 1.807) is 68.5 Å². The summed E-state index contributed by atoms with van der Waals surface area (Å²) in [5.41, 5.74) is 1.04. The molecule has 0 atom stereocenters. The van der Waals surface area contributed by atoms with Gasteiger partial charge in [0.2, 0.25) is 0 Å². The number of sulfonamides is 1. The van der Waals surface area contributed by atoms with Crippen molar-refractivity contribution in [3.8, 4) is 0 Å². The molecule has 7 heteroatoms. The van der Waals surface area contributed by atoms with Crippen LogP contribution in [0.25, 0.3) is 6.08 Å². The molecule has 1 N–H and O–H groups in total. The fourth-order valence-electron chi connectivity index (χ4n) is 3.12. The molecule has 1 aliphatic heterocycles. The number of carbonyl (C=O) groups excluding carboxylic acids is 1. The molecule has 27 heavy (non-hydrogen) atoms. The molecule has 0 bridgehead atoms. The molecule has 3 rings (SSSR count). The Balaban J connectivity index is 1.96. The number of fused-ring (bicyclic) bond motifs is 1. The zero-order valence-corrected chi connectivity index (χ0v) is 15.9. The lowest BCUT2D eigenvalue weighted by atomic mass is 9.88. The maximum atomic E-state index is 13.1. The predicted molar refractivity (Wildman–Crippen MR) is 104 cm³/mol. The largest absolute Gasteiger partial charge is 0.448 e. The van der Waals surface area contributed by atoms with Gasteiger partial charge in [-0.3, -0.25) is 4.31 Å². The normalized spacial score (nSPS) is 15.7. The third-order valence-electron chi connectivity index (χ3n) is 4.60. The molecule has 6 nitrogen and oxygen atoms in total. The van der Waals surface area contributed by atoms with Gasteiger partial charge >= 0.3 is 15.3 Å². The number of benzene rings is 2. The molecule has 1 heterocycles. The molecule has 0 radical (unpaired) electrons. The molecule has 142 valence electrons. The molecular formula is C20H21NO5S. The van der Waals surface area contributed by atoms with Crippen molar-refractivity contribution in [3.05, 3.63) is 71.3 Å². The number of rotatable bonds is 4. The van der Waals surface area contributed by atoms with E-state index in [9.17, 15) is 18.3 Å². The van der Waals surface area contributed by atoms with Gasteiger partial charge in [0.05, 0.1) is 17.8 Å². The highest BCUT2D eigenvalue weighted by Crippen LogP contribution is 2.41. The summed E-state index contributed by atoms with van der Waals surface area (Å²) in [6.07, 6.45) is 1.75. The average molecular weight is 387 g/mol. The Labute approximate surface area is 158 Å². The molecule has 1 aliphatic rings. The summed E-state index contributed by atoms with van der Waals surface area (Å²) in [6.45, 7) is 2.82. The predicted octanol–water partition coefficient (Wildman–Crippen LogP) is 3.33. The zero-order chi connectivity index (χ0) is 19.7. The van der Waals surface area contributed by atoms with E-state index in [1.807, 2.05) is 6.07 Å². The second-order valence-corrected chi connectivity index (χ2v) is 8.39. The van der Waals surface area contributed by atoms with Crippen LogP contribution >= 0.6 is 0 Å². The first kappa shape index (κ1) is 19.1. The quantitative estimate of drug-likeness (QED) is 0.814. The highest BCUT2D eigenvalue weighted by molar-refractivity contribution is 8.06. The maximum absolute atomic E-state index is 13.1. The first-order chi connectivity index (χ1) is 12.8. The van der Waals surface area contributed by atoms with Crippen LogP contribution in [0.2, 0.25) is 0 Å². The Hall–Kier alpha value is -2.64. The molecule has 2 aromatic rings. The molecular weight excluding hydrogens is 366 g/mol. The lowest BCUT2D eigenvalue weighted by Gasteiger charge is -2.43. The molecule has 0 spiro atoms. The van der Waals surface area contributed by atoms with E-state index in [0.29, 0.717) is 22.4 Å². The highest BCUT2D eigenvalue weighted by Gasteiger charge is 2.46. The Morgan fingerprint density at radius 2 is 1.70 bits per heavy atom. The molecule has 0 unspecified atom stereocenters. The van der Waals surface area contributed by atoms with Crippen LogP contribution in [-0.4, -0.2) is 31.0 Å². The second kappa shape index (κ2) is 7.17. The molecule has 0 saturated heterocycles. The Bertz CT molecular complexity index is 980. The van der Waals surface area contributed by atoms with Gasteiger partial charge in [-0.25, -0.2) is 4.79 Å².